The van der Waals surface area contributed by atoms with E-state index in [0.29, 0.717) is 25.7 Å². The summed E-state index contributed by atoms with van der Waals surface area (Å²) in [6, 6.07) is 0. The first-order chi connectivity index (χ1) is 9.02. The Balaban J connectivity index is 3.19. The van der Waals surface area contributed by atoms with E-state index in [-0.39, 0.29) is 0 Å². The Labute approximate surface area is 118 Å². The predicted molar refractivity (Wildman–Crippen MR) is 79.4 cm³/mol. The van der Waals surface area contributed by atoms with Crippen LogP contribution in [0.5, 0.6) is 0 Å². The van der Waals surface area contributed by atoms with Crippen LogP contribution in [0.2, 0.25) is 0 Å². The SMILES string of the molecule is CC(C)CCCOCC(O)CNCCOCC(C)C. The normalized spacial score (nSPS) is 13.4. The summed E-state index contributed by atoms with van der Waals surface area (Å²) < 4.78 is 10.9. The molecule has 0 heterocycles. The van der Waals surface area contributed by atoms with Crippen molar-refractivity contribution in [2.75, 3.05) is 39.5 Å². The average molecular weight is 275 g/mol. The Kier molecular flexibility index (Phi) is 12.7. The minimum absolute atomic E-state index is 0.415. The van der Waals surface area contributed by atoms with E-state index < -0.39 is 6.10 Å². The fraction of sp³-hybridized carbons (Fsp3) is 1.00. The molecule has 0 rings (SSSR count). The van der Waals surface area contributed by atoms with E-state index >= 15 is 0 Å². The Morgan fingerprint density at radius 1 is 0.947 bits per heavy atom. The zero-order chi connectivity index (χ0) is 14.5. The van der Waals surface area contributed by atoms with Gasteiger partial charge >= 0.3 is 0 Å². The lowest BCUT2D eigenvalue weighted by atomic mass is 10.1. The van der Waals surface area contributed by atoms with Gasteiger partial charge in [0.25, 0.3) is 0 Å². The summed E-state index contributed by atoms with van der Waals surface area (Å²) in [7, 11) is 0. The standard InChI is InChI=1S/C15H33NO3/c1-13(2)6-5-8-18-12-15(17)10-16-7-9-19-11-14(3)4/h13-17H,5-12H2,1-4H3. The van der Waals surface area contributed by atoms with Crippen molar-refractivity contribution in [3.05, 3.63) is 0 Å². The van der Waals surface area contributed by atoms with Crippen LogP contribution in [-0.2, 0) is 9.47 Å². The predicted octanol–water partition coefficient (Wildman–Crippen LogP) is 2.06. The van der Waals surface area contributed by atoms with E-state index in [9.17, 15) is 5.11 Å². The van der Waals surface area contributed by atoms with Crippen molar-refractivity contribution in [1.82, 2.24) is 5.32 Å². The van der Waals surface area contributed by atoms with Gasteiger partial charge in [0.1, 0.15) is 0 Å². The highest BCUT2D eigenvalue weighted by atomic mass is 16.5. The number of hydrogen-bond donors (Lipinski definition) is 2. The lowest BCUT2D eigenvalue weighted by Gasteiger charge is -2.13. The van der Waals surface area contributed by atoms with Crippen molar-refractivity contribution in [2.24, 2.45) is 11.8 Å². The van der Waals surface area contributed by atoms with E-state index in [0.717, 1.165) is 32.1 Å². The molecule has 0 aromatic heterocycles. The van der Waals surface area contributed by atoms with Crippen molar-refractivity contribution in [3.63, 3.8) is 0 Å². The second-order valence-electron chi connectivity index (χ2n) is 5.94. The zero-order valence-electron chi connectivity index (χ0n) is 13.2. The average Bonchev–Trinajstić information content (AvgIpc) is 2.32. The fourth-order valence-electron chi connectivity index (χ4n) is 1.60. The van der Waals surface area contributed by atoms with Crippen LogP contribution in [0.25, 0.3) is 0 Å². The number of aliphatic hydroxyl groups excluding tert-OH is 1. The summed E-state index contributed by atoms with van der Waals surface area (Å²) in [4.78, 5) is 0. The number of nitrogens with one attached hydrogen (secondary N) is 1. The summed E-state index contributed by atoms with van der Waals surface area (Å²) >= 11 is 0. The molecule has 4 nitrogen and oxygen atoms in total. The highest BCUT2D eigenvalue weighted by Crippen LogP contribution is 2.03. The quantitative estimate of drug-likeness (QED) is 0.505. The third-order valence-electron chi connectivity index (χ3n) is 2.63. The fourth-order valence-corrected chi connectivity index (χ4v) is 1.60. The van der Waals surface area contributed by atoms with Crippen LogP contribution in [-0.4, -0.2) is 50.7 Å². The van der Waals surface area contributed by atoms with Gasteiger partial charge in [-0.3, -0.25) is 0 Å². The van der Waals surface area contributed by atoms with Gasteiger partial charge in [0, 0.05) is 26.3 Å². The highest BCUT2D eigenvalue weighted by molar-refractivity contribution is 4.58. The summed E-state index contributed by atoms with van der Waals surface area (Å²) in [5.74, 6) is 1.30. The van der Waals surface area contributed by atoms with Crippen LogP contribution in [0.15, 0.2) is 0 Å². The molecule has 0 aromatic rings. The van der Waals surface area contributed by atoms with Crippen LogP contribution < -0.4 is 5.32 Å². The highest BCUT2D eigenvalue weighted by Gasteiger charge is 2.03. The smallest absolute Gasteiger partial charge is 0.0897 e. The lowest BCUT2D eigenvalue weighted by molar-refractivity contribution is 0.0332. The molecule has 0 radical (unpaired) electrons. The first kappa shape index (κ1) is 18.8. The lowest BCUT2D eigenvalue weighted by Crippen LogP contribution is -2.32. The largest absolute Gasteiger partial charge is 0.389 e. The second-order valence-corrected chi connectivity index (χ2v) is 5.94. The van der Waals surface area contributed by atoms with Gasteiger partial charge in [0.05, 0.1) is 19.3 Å². The number of rotatable bonds is 13. The molecular formula is C15H33NO3. The maximum Gasteiger partial charge on any atom is 0.0897 e. The molecule has 0 aliphatic rings. The molecule has 0 amide bonds. The van der Waals surface area contributed by atoms with Crippen molar-refractivity contribution in [2.45, 2.75) is 46.6 Å². The van der Waals surface area contributed by atoms with Gasteiger partial charge in [-0.05, 0) is 24.7 Å². The van der Waals surface area contributed by atoms with Gasteiger partial charge in [-0.25, -0.2) is 0 Å². The first-order valence-electron chi connectivity index (χ1n) is 7.56. The van der Waals surface area contributed by atoms with Crippen molar-refractivity contribution in [1.29, 1.82) is 0 Å². The monoisotopic (exact) mass is 275 g/mol. The summed E-state index contributed by atoms with van der Waals surface area (Å²) in [6.07, 6.45) is 1.83. The van der Waals surface area contributed by atoms with Gasteiger partial charge in [0.15, 0.2) is 0 Å². The van der Waals surface area contributed by atoms with Gasteiger partial charge in [0.2, 0.25) is 0 Å². The first-order valence-corrected chi connectivity index (χ1v) is 7.56. The zero-order valence-corrected chi connectivity index (χ0v) is 13.2. The Morgan fingerprint density at radius 2 is 1.63 bits per heavy atom. The van der Waals surface area contributed by atoms with Gasteiger partial charge in [-0.15, -0.1) is 0 Å². The molecule has 0 fully saturated rings. The summed E-state index contributed by atoms with van der Waals surface area (Å²) in [5.41, 5.74) is 0. The summed E-state index contributed by atoms with van der Waals surface area (Å²) in [5, 5.41) is 12.8. The second kappa shape index (κ2) is 12.9. The van der Waals surface area contributed by atoms with E-state index in [1.54, 1.807) is 0 Å². The Hall–Kier alpha value is -0.160. The molecule has 0 saturated carbocycles. The van der Waals surface area contributed by atoms with Crippen molar-refractivity contribution < 1.29 is 14.6 Å². The molecule has 0 spiro atoms. The molecule has 0 aliphatic carbocycles. The third kappa shape index (κ3) is 15.8. The third-order valence-corrected chi connectivity index (χ3v) is 2.63. The minimum Gasteiger partial charge on any atom is -0.389 e. The Morgan fingerprint density at radius 3 is 2.26 bits per heavy atom. The molecule has 0 saturated heterocycles. The van der Waals surface area contributed by atoms with Crippen LogP contribution in [0.1, 0.15) is 40.5 Å². The molecule has 1 atom stereocenters. The molecule has 0 bridgehead atoms. The van der Waals surface area contributed by atoms with Crippen LogP contribution in [0.3, 0.4) is 0 Å². The molecule has 1 unspecified atom stereocenters. The number of aliphatic hydroxyl groups is 1. The van der Waals surface area contributed by atoms with Gasteiger partial charge in [-0.2, -0.15) is 0 Å². The van der Waals surface area contributed by atoms with Gasteiger partial charge in [-0.1, -0.05) is 27.7 Å². The minimum atomic E-state index is -0.427. The molecule has 19 heavy (non-hydrogen) atoms. The molecule has 116 valence electrons. The number of ether oxygens (including phenoxy) is 2. The van der Waals surface area contributed by atoms with Crippen molar-refractivity contribution >= 4 is 0 Å². The van der Waals surface area contributed by atoms with E-state index in [1.807, 2.05) is 0 Å². The molecule has 2 N–H and O–H groups in total. The maximum absolute atomic E-state index is 9.67. The molecule has 0 aromatic carbocycles. The molecular weight excluding hydrogens is 242 g/mol. The Bertz CT molecular complexity index is 186. The van der Waals surface area contributed by atoms with E-state index in [4.69, 9.17) is 9.47 Å². The van der Waals surface area contributed by atoms with Crippen LogP contribution >= 0.6 is 0 Å². The molecule has 0 aliphatic heterocycles. The topological polar surface area (TPSA) is 50.7 Å². The van der Waals surface area contributed by atoms with Crippen molar-refractivity contribution in [3.8, 4) is 0 Å². The van der Waals surface area contributed by atoms with Crippen LogP contribution in [0, 0.1) is 11.8 Å². The maximum atomic E-state index is 9.67. The summed E-state index contributed by atoms with van der Waals surface area (Å²) in [6.45, 7) is 12.7. The van der Waals surface area contributed by atoms with Gasteiger partial charge < -0.3 is 19.9 Å². The van der Waals surface area contributed by atoms with E-state index in [2.05, 4.69) is 33.0 Å². The van der Waals surface area contributed by atoms with E-state index in [1.165, 1.54) is 6.42 Å². The number of hydrogen-bond acceptors (Lipinski definition) is 4. The molecule has 4 heteroatoms. The van der Waals surface area contributed by atoms with Crippen LogP contribution in [0.4, 0.5) is 0 Å².